The van der Waals surface area contributed by atoms with Crippen LogP contribution in [0.5, 0.6) is 0 Å². The molecular weight excluding hydrogens is 260 g/mol. The molecule has 0 spiro atoms. The number of nitrogens with zero attached hydrogens (tertiary/aromatic N) is 1. The van der Waals surface area contributed by atoms with Crippen molar-refractivity contribution >= 4 is 16.8 Å². The summed E-state index contributed by atoms with van der Waals surface area (Å²) in [5.41, 5.74) is 3.88. The van der Waals surface area contributed by atoms with Crippen molar-refractivity contribution in [2.24, 2.45) is 17.8 Å². The van der Waals surface area contributed by atoms with Gasteiger partial charge in [0, 0.05) is 47.6 Å². The lowest BCUT2D eigenvalue weighted by Crippen LogP contribution is -2.39. The van der Waals surface area contributed by atoms with E-state index >= 15 is 0 Å². The molecule has 0 saturated heterocycles. The van der Waals surface area contributed by atoms with E-state index < -0.39 is 0 Å². The SMILES string of the molecule is O=C(C1CC2CC2C1)N1CCc2[nH]c3ccccc3c2C1. The van der Waals surface area contributed by atoms with Gasteiger partial charge in [-0.05, 0) is 37.2 Å². The van der Waals surface area contributed by atoms with Crippen LogP contribution in [0.2, 0.25) is 0 Å². The predicted molar refractivity (Wildman–Crippen MR) is 81.7 cm³/mol. The number of carbonyl (C=O) groups is 1. The summed E-state index contributed by atoms with van der Waals surface area (Å²) < 4.78 is 0. The van der Waals surface area contributed by atoms with Gasteiger partial charge in [0.25, 0.3) is 0 Å². The minimum absolute atomic E-state index is 0.320. The van der Waals surface area contributed by atoms with E-state index in [9.17, 15) is 4.79 Å². The van der Waals surface area contributed by atoms with Gasteiger partial charge in [0.15, 0.2) is 0 Å². The monoisotopic (exact) mass is 280 g/mol. The molecule has 1 aromatic heterocycles. The molecule has 5 rings (SSSR count). The van der Waals surface area contributed by atoms with E-state index in [1.165, 1.54) is 28.6 Å². The highest BCUT2D eigenvalue weighted by molar-refractivity contribution is 5.86. The third kappa shape index (κ3) is 1.76. The second-order valence-electron chi connectivity index (χ2n) is 7.06. The van der Waals surface area contributed by atoms with Gasteiger partial charge in [-0.3, -0.25) is 4.79 Å². The summed E-state index contributed by atoms with van der Waals surface area (Å²) in [6, 6.07) is 8.45. The van der Waals surface area contributed by atoms with Gasteiger partial charge in [0.2, 0.25) is 5.91 Å². The van der Waals surface area contributed by atoms with E-state index in [2.05, 4.69) is 34.1 Å². The average molecular weight is 280 g/mol. The smallest absolute Gasteiger partial charge is 0.226 e. The van der Waals surface area contributed by atoms with Crippen LogP contribution < -0.4 is 0 Å². The van der Waals surface area contributed by atoms with Gasteiger partial charge >= 0.3 is 0 Å². The largest absolute Gasteiger partial charge is 0.358 e. The zero-order valence-electron chi connectivity index (χ0n) is 12.1. The normalized spacial score (nSPS) is 30.3. The van der Waals surface area contributed by atoms with E-state index in [4.69, 9.17) is 0 Å². The molecule has 1 aliphatic heterocycles. The maximum atomic E-state index is 12.7. The van der Waals surface area contributed by atoms with Crippen LogP contribution in [0.1, 0.15) is 30.5 Å². The first-order chi connectivity index (χ1) is 10.3. The highest BCUT2D eigenvalue weighted by Crippen LogP contribution is 2.54. The molecule has 21 heavy (non-hydrogen) atoms. The number of fused-ring (bicyclic) bond motifs is 4. The average Bonchev–Trinajstić information content (AvgIpc) is 2.97. The third-order valence-corrected chi connectivity index (χ3v) is 5.79. The molecule has 0 radical (unpaired) electrons. The fourth-order valence-corrected chi connectivity index (χ4v) is 4.53. The van der Waals surface area contributed by atoms with E-state index in [1.54, 1.807) is 0 Å². The number of rotatable bonds is 1. The summed E-state index contributed by atoms with van der Waals surface area (Å²) in [6.45, 7) is 1.68. The van der Waals surface area contributed by atoms with Crippen molar-refractivity contribution in [2.45, 2.75) is 32.2 Å². The molecular formula is C18H20N2O. The zero-order chi connectivity index (χ0) is 14.0. The lowest BCUT2D eigenvalue weighted by molar-refractivity contribution is -0.136. The second-order valence-corrected chi connectivity index (χ2v) is 7.06. The lowest BCUT2D eigenvalue weighted by atomic mass is 9.98. The van der Waals surface area contributed by atoms with Crippen molar-refractivity contribution in [3.05, 3.63) is 35.5 Å². The molecule has 2 saturated carbocycles. The number of para-hydroxylation sites is 1. The molecule has 3 aliphatic rings. The number of aromatic nitrogens is 1. The summed E-state index contributed by atoms with van der Waals surface area (Å²) in [4.78, 5) is 18.4. The topological polar surface area (TPSA) is 36.1 Å². The summed E-state index contributed by atoms with van der Waals surface area (Å²) in [5.74, 6) is 2.50. The van der Waals surface area contributed by atoms with Gasteiger partial charge in [-0.2, -0.15) is 0 Å². The summed E-state index contributed by atoms with van der Waals surface area (Å²) in [6.07, 6.45) is 4.66. The first-order valence-corrected chi connectivity index (χ1v) is 8.17. The number of aromatic amines is 1. The molecule has 108 valence electrons. The lowest BCUT2D eigenvalue weighted by Gasteiger charge is -2.30. The highest BCUT2D eigenvalue weighted by atomic mass is 16.2. The van der Waals surface area contributed by atoms with Gasteiger partial charge in [0.05, 0.1) is 0 Å². The maximum absolute atomic E-state index is 12.7. The van der Waals surface area contributed by atoms with Gasteiger partial charge < -0.3 is 9.88 Å². The van der Waals surface area contributed by atoms with Gasteiger partial charge in [-0.15, -0.1) is 0 Å². The molecule has 3 heteroatoms. The molecule has 1 N–H and O–H groups in total. The van der Waals surface area contributed by atoms with E-state index in [0.29, 0.717) is 11.8 Å². The molecule has 2 aromatic rings. The van der Waals surface area contributed by atoms with Crippen LogP contribution >= 0.6 is 0 Å². The molecule has 2 aliphatic carbocycles. The minimum atomic E-state index is 0.320. The number of H-pyrrole nitrogens is 1. The minimum Gasteiger partial charge on any atom is -0.358 e. The number of carbonyl (C=O) groups excluding carboxylic acids is 1. The molecule has 0 bridgehead atoms. The van der Waals surface area contributed by atoms with E-state index in [-0.39, 0.29) is 0 Å². The Balaban J connectivity index is 1.43. The predicted octanol–water partition coefficient (Wildman–Crippen LogP) is 3.10. The van der Waals surface area contributed by atoms with Crippen LogP contribution in [-0.4, -0.2) is 22.3 Å². The molecule has 2 unspecified atom stereocenters. The first kappa shape index (κ1) is 11.8. The van der Waals surface area contributed by atoms with Crippen LogP contribution in [0, 0.1) is 17.8 Å². The quantitative estimate of drug-likeness (QED) is 0.856. The van der Waals surface area contributed by atoms with Crippen molar-refractivity contribution in [1.29, 1.82) is 0 Å². The molecule has 2 heterocycles. The number of benzene rings is 1. The van der Waals surface area contributed by atoms with Crippen LogP contribution in [0.3, 0.4) is 0 Å². The van der Waals surface area contributed by atoms with Crippen molar-refractivity contribution in [3.8, 4) is 0 Å². The number of nitrogens with one attached hydrogen (secondary N) is 1. The zero-order valence-corrected chi connectivity index (χ0v) is 12.1. The van der Waals surface area contributed by atoms with Crippen LogP contribution in [-0.2, 0) is 17.8 Å². The van der Waals surface area contributed by atoms with Gasteiger partial charge in [0.1, 0.15) is 0 Å². The molecule has 2 fully saturated rings. The standard InChI is InChI=1S/C18H20N2O/c21-18(13-8-11-7-12(11)9-13)20-6-5-17-15(10-20)14-3-1-2-4-16(14)19-17/h1-4,11-13,19H,5-10H2. The molecule has 3 nitrogen and oxygen atoms in total. The Kier molecular flexibility index (Phi) is 2.33. The van der Waals surface area contributed by atoms with Crippen molar-refractivity contribution < 1.29 is 4.79 Å². The Morgan fingerprint density at radius 2 is 1.95 bits per heavy atom. The Bertz CT molecular complexity index is 722. The Labute approximate surface area is 124 Å². The summed E-state index contributed by atoms with van der Waals surface area (Å²) in [7, 11) is 0. The summed E-state index contributed by atoms with van der Waals surface area (Å²) in [5, 5.41) is 1.29. The number of amides is 1. The third-order valence-electron chi connectivity index (χ3n) is 5.79. The van der Waals surface area contributed by atoms with Crippen molar-refractivity contribution in [2.75, 3.05) is 6.54 Å². The molecule has 1 aromatic carbocycles. The van der Waals surface area contributed by atoms with E-state index in [0.717, 1.165) is 44.2 Å². The van der Waals surface area contributed by atoms with Gasteiger partial charge in [-0.1, -0.05) is 18.2 Å². The Morgan fingerprint density at radius 3 is 2.81 bits per heavy atom. The fraction of sp³-hybridized carbons (Fsp3) is 0.500. The molecule has 2 atom stereocenters. The maximum Gasteiger partial charge on any atom is 0.226 e. The summed E-state index contributed by atoms with van der Waals surface area (Å²) >= 11 is 0. The molecule has 1 amide bonds. The van der Waals surface area contributed by atoms with Crippen LogP contribution in [0.15, 0.2) is 24.3 Å². The number of hydrogen-bond donors (Lipinski definition) is 1. The second kappa shape index (κ2) is 4.12. The van der Waals surface area contributed by atoms with Crippen molar-refractivity contribution in [3.63, 3.8) is 0 Å². The Hall–Kier alpha value is -1.77. The highest BCUT2D eigenvalue weighted by Gasteiger charge is 2.48. The Morgan fingerprint density at radius 1 is 1.14 bits per heavy atom. The first-order valence-electron chi connectivity index (χ1n) is 8.17. The van der Waals surface area contributed by atoms with Gasteiger partial charge in [-0.25, -0.2) is 0 Å². The van der Waals surface area contributed by atoms with Crippen molar-refractivity contribution in [1.82, 2.24) is 9.88 Å². The van der Waals surface area contributed by atoms with Crippen LogP contribution in [0.4, 0.5) is 0 Å². The van der Waals surface area contributed by atoms with E-state index in [1.807, 2.05) is 0 Å². The fourth-order valence-electron chi connectivity index (χ4n) is 4.53. The van der Waals surface area contributed by atoms with Crippen LogP contribution in [0.25, 0.3) is 10.9 Å². The number of hydrogen-bond acceptors (Lipinski definition) is 1.